The van der Waals surface area contributed by atoms with Crippen molar-refractivity contribution in [2.75, 3.05) is 0 Å². The quantitative estimate of drug-likeness (QED) is 0.920. The molecule has 1 aromatic heterocycles. The molecule has 0 saturated heterocycles. The predicted octanol–water partition coefficient (Wildman–Crippen LogP) is 2.48. The van der Waals surface area contributed by atoms with Crippen molar-refractivity contribution >= 4 is 15.9 Å². The largest absolute Gasteiger partial charge is 0.390 e. The average Bonchev–Trinajstić information content (AvgIpc) is 2.57. The van der Waals surface area contributed by atoms with Gasteiger partial charge in [0.25, 0.3) is 0 Å². The highest BCUT2D eigenvalue weighted by molar-refractivity contribution is 9.10. The van der Waals surface area contributed by atoms with Crippen molar-refractivity contribution < 1.29 is 9.50 Å². The van der Waals surface area contributed by atoms with Gasteiger partial charge in [0.2, 0.25) is 0 Å². The Labute approximate surface area is 101 Å². The molecule has 1 heterocycles. The maximum atomic E-state index is 12.8. The van der Waals surface area contributed by atoms with Crippen LogP contribution in [0, 0.1) is 5.82 Å². The summed E-state index contributed by atoms with van der Waals surface area (Å²) in [5, 5.41) is 9.08. The molecule has 0 fully saturated rings. The maximum absolute atomic E-state index is 12.8. The number of rotatable bonds is 2. The van der Waals surface area contributed by atoms with Gasteiger partial charge in [0.05, 0.1) is 12.3 Å². The van der Waals surface area contributed by atoms with Crippen molar-refractivity contribution in [1.29, 1.82) is 0 Å². The summed E-state index contributed by atoms with van der Waals surface area (Å²) in [5.41, 5.74) is 1.38. The molecule has 0 aliphatic rings. The number of hydrogen-bond acceptors (Lipinski definition) is 2. The topological polar surface area (TPSA) is 38.0 Å². The van der Waals surface area contributed by atoms with Gasteiger partial charge in [-0.25, -0.2) is 9.37 Å². The first kappa shape index (κ1) is 11.3. The Hall–Kier alpha value is -1.20. The molecule has 0 bridgehead atoms. The Morgan fingerprint density at radius 2 is 2.00 bits per heavy atom. The van der Waals surface area contributed by atoms with Gasteiger partial charge in [0.15, 0.2) is 0 Å². The first-order chi connectivity index (χ1) is 7.63. The van der Waals surface area contributed by atoms with E-state index in [2.05, 4.69) is 20.9 Å². The summed E-state index contributed by atoms with van der Waals surface area (Å²) < 4.78 is 15.3. The van der Waals surface area contributed by atoms with E-state index in [1.165, 1.54) is 12.1 Å². The molecule has 2 aromatic rings. The van der Waals surface area contributed by atoms with E-state index in [-0.39, 0.29) is 12.4 Å². The number of imidazole rings is 1. The van der Waals surface area contributed by atoms with Crippen molar-refractivity contribution in [2.45, 2.75) is 6.61 Å². The SMILES string of the molecule is Cn1c(-c2ccc(F)cc2)nc(CO)c1Br. The second-order valence-corrected chi connectivity index (χ2v) is 4.15. The van der Waals surface area contributed by atoms with Gasteiger partial charge in [-0.15, -0.1) is 0 Å². The summed E-state index contributed by atoms with van der Waals surface area (Å²) in [7, 11) is 1.83. The van der Waals surface area contributed by atoms with E-state index >= 15 is 0 Å². The van der Waals surface area contributed by atoms with Gasteiger partial charge >= 0.3 is 0 Å². The van der Waals surface area contributed by atoms with Crippen LogP contribution in [-0.4, -0.2) is 14.7 Å². The molecular weight excluding hydrogens is 275 g/mol. The predicted molar refractivity (Wildman–Crippen MR) is 62.2 cm³/mol. The number of halogens is 2. The zero-order valence-electron chi connectivity index (χ0n) is 8.61. The van der Waals surface area contributed by atoms with E-state index < -0.39 is 0 Å². The molecule has 0 aliphatic heterocycles. The van der Waals surface area contributed by atoms with Crippen LogP contribution in [-0.2, 0) is 13.7 Å². The Morgan fingerprint density at radius 3 is 2.50 bits per heavy atom. The van der Waals surface area contributed by atoms with Crippen LogP contribution >= 0.6 is 15.9 Å². The van der Waals surface area contributed by atoms with Crippen LogP contribution in [0.5, 0.6) is 0 Å². The van der Waals surface area contributed by atoms with Crippen LogP contribution < -0.4 is 0 Å². The molecule has 0 amide bonds. The van der Waals surface area contributed by atoms with Crippen LogP contribution in [0.25, 0.3) is 11.4 Å². The number of aromatic nitrogens is 2. The van der Waals surface area contributed by atoms with Gasteiger partial charge in [0.1, 0.15) is 16.2 Å². The number of aliphatic hydroxyl groups is 1. The fourth-order valence-electron chi connectivity index (χ4n) is 1.49. The maximum Gasteiger partial charge on any atom is 0.140 e. The minimum Gasteiger partial charge on any atom is -0.390 e. The van der Waals surface area contributed by atoms with E-state index in [4.69, 9.17) is 5.11 Å². The zero-order valence-corrected chi connectivity index (χ0v) is 10.2. The summed E-state index contributed by atoms with van der Waals surface area (Å²) in [6.45, 7) is -0.129. The molecule has 0 spiro atoms. The lowest BCUT2D eigenvalue weighted by molar-refractivity contribution is 0.276. The van der Waals surface area contributed by atoms with E-state index in [0.29, 0.717) is 11.5 Å². The zero-order chi connectivity index (χ0) is 11.7. The standard InChI is InChI=1S/C11H10BrFN2O/c1-15-10(12)9(6-16)14-11(15)7-2-4-8(13)5-3-7/h2-5,16H,6H2,1H3. The van der Waals surface area contributed by atoms with Gasteiger partial charge in [-0.1, -0.05) is 0 Å². The molecule has 0 saturated carbocycles. The molecule has 0 aliphatic carbocycles. The van der Waals surface area contributed by atoms with Gasteiger partial charge in [-0.2, -0.15) is 0 Å². The summed E-state index contributed by atoms with van der Waals surface area (Å²) >= 11 is 3.34. The first-order valence-electron chi connectivity index (χ1n) is 4.71. The third-order valence-electron chi connectivity index (χ3n) is 2.34. The first-order valence-corrected chi connectivity index (χ1v) is 5.50. The molecule has 84 valence electrons. The van der Waals surface area contributed by atoms with Gasteiger partial charge < -0.3 is 9.67 Å². The van der Waals surface area contributed by atoms with Gasteiger partial charge in [-0.3, -0.25) is 0 Å². The molecular formula is C11H10BrFN2O. The van der Waals surface area contributed by atoms with Crippen LogP contribution in [0.4, 0.5) is 4.39 Å². The van der Waals surface area contributed by atoms with E-state index in [1.54, 1.807) is 16.7 Å². The summed E-state index contributed by atoms with van der Waals surface area (Å²) in [6.07, 6.45) is 0. The summed E-state index contributed by atoms with van der Waals surface area (Å²) in [4.78, 5) is 4.27. The second-order valence-electron chi connectivity index (χ2n) is 3.40. The van der Waals surface area contributed by atoms with Crippen LogP contribution in [0.3, 0.4) is 0 Å². The smallest absolute Gasteiger partial charge is 0.140 e. The lowest BCUT2D eigenvalue weighted by atomic mass is 10.2. The van der Waals surface area contributed by atoms with Crippen molar-refractivity contribution in [3.8, 4) is 11.4 Å². The van der Waals surface area contributed by atoms with Gasteiger partial charge in [0, 0.05) is 12.6 Å². The van der Waals surface area contributed by atoms with Crippen molar-refractivity contribution in [3.05, 3.63) is 40.4 Å². The normalized spacial score (nSPS) is 10.8. The highest BCUT2D eigenvalue weighted by atomic mass is 79.9. The highest BCUT2D eigenvalue weighted by Crippen LogP contribution is 2.25. The Kier molecular flexibility index (Phi) is 3.07. The lowest BCUT2D eigenvalue weighted by Gasteiger charge is -2.01. The Bertz CT molecular complexity index is 507. The third kappa shape index (κ3) is 1.88. The van der Waals surface area contributed by atoms with Crippen molar-refractivity contribution in [1.82, 2.24) is 9.55 Å². The van der Waals surface area contributed by atoms with E-state index in [9.17, 15) is 4.39 Å². The molecule has 0 radical (unpaired) electrons. The Balaban J connectivity index is 2.52. The van der Waals surface area contributed by atoms with Gasteiger partial charge in [-0.05, 0) is 40.2 Å². The third-order valence-corrected chi connectivity index (χ3v) is 3.33. The number of benzene rings is 1. The fraction of sp³-hybridized carbons (Fsp3) is 0.182. The number of aliphatic hydroxyl groups excluding tert-OH is 1. The minimum atomic E-state index is -0.278. The monoisotopic (exact) mass is 284 g/mol. The molecule has 16 heavy (non-hydrogen) atoms. The summed E-state index contributed by atoms with van der Waals surface area (Å²) in [5.74, 6) is 0.412. The molecule has 2 rings (SSSR count). The second kappa shape index (κ2) is 4.35. The number of hydrogen-bond donors (Lipinski definition) is 1. The van der Waals surface area contributed by atoms with Crippen LogP contribution in [0.15, 0.2) is 28.9 Å². The number of nitrogens with zero attached hydrogens (tertiary/aromatic N) is 2. The lowest BCUT2D eigenvalue weighted by Crippen LogP contribution is -1.92. The molecule has 0 atom stereocenters. The van der Waals surface area contributed by atoms with Crippen LogP contribution in [0.2, 0.25) is 0 Å². The molecule has 0 unspecified atom stereocenters. The van der Waals surface area contributed by atoms with E-state index in [0.717, 1.165) is 10.2 Å². The molecule has 5 heteroatoms. The fourth-order valence-corrected chi connectivity index (χ4v) is 1.88. The highest BCUT2D eigenvalue weighted by Gasteiger charge is 2.12. The van der Waals surface area contributed by atoms with Crippen molar-refractivity contribution in [3.63, 3.8) is 0 Å². The Morgan fingerprint density at radius 1 is 1.38 bits per heavy atom. The van der Waals surface area contributed by atoms with E-state index in [1.807, 2.05) is 7.05 Å². The average molecular weight is 285 g/mol. The molecule has 3 nitrogen and oxygen atoms in total. The summed E-state index contributed by atoms with van der Waals surface area (Å²) in [6, 6.07) is 6.09. The molecule has 1 N–H and O–H groups in total. The molecule has 1 aromatic carbocycles. The van der Waals surface area contributed by atoms with Crippen LogP contribution in [0.1, 0.15) is 5.69 Å². The van der Waals surface area contributed by atoms with Crippen molar-refractivity contribution in [2.24, 2.45) is 7.05 Å². The minimum absolute atomic E-state index is 0.129.